The highest BCUT2D eigenvalue weighted by Gasteiger charge is 2.38. The van der Waals surface area contributed by atoms with Gasteiger partial charge in [0.2, 0.25) is 23.6 Å². The first-order valence-electron chi connectivity index (χ1n) is 25.2. The number of hydrogen-bond acceptors (Lipinski definition) is 10. The van der Waals surface area contributed by atoms with Gasteiger partial charge in [0.25, 0.3) is 11.8 Å². The molecule has 0 radical (unpaired) electrons. The molecule has 8 rings (SSSR count). The molecular weight excluding hydrogens is 961 g/mol. The summed E-state index contributed by atoms with van der Waals surface area (Å²) in [7, 11) is 6.28. The first kappa shape index (κ1) is 53.6. The number of fused-ring (bicyclic) bond motifs is 4. The van der Waals surface area contributed by atoms with Gasteiger partial charge in [-0.2, -0.15) is 0 Å². The van der Waals surface area contributed by atoms with Crippen LogP contribution in [0.3, 0.4) is 0 Å². The molecule has 8 N–H and O–H groups in total. The van der Waals surface area contributed by atoms with Crippen molar-refractivity contribution in [2.24, 2.45) is 0 Å². The Morgan fingerprint density at radius 3 is 1.22 bits per heavy atom. The van der Waals surface area contributed by atoms with E-state index >= 15 is 0 Å². The van der Waals surface area contributed by atoms with E-state index in [1.54, 1.807) is 40.1 Å². The van der Waals surface area contributed by atoms with E-state index in [0.29, 0.717) is 35.5 Å². The Kier molecular flexibility index (Phi) is 17.3. The van der Waals surface area contributed by atoms with Crippen LogP contribution in [-0.2, 0) is 32.0 Å². The van der Waals surface area contributed by atoms with E-state index in [1.807, 2.05) is 109 Å². The van der Waals surface area contributed by atoms with Crippen LogP contribution in [0.1, 0.15) is 81.7 Å². The first-order chi connectivity index (χ1) is 36.8. The summed E-state index contributed by atoms with van der Waals surface area (Å²) in [6.07, 6.45) is 0.599. The van der Waals surface area contributed by atoms with E-state index in [0.717, 1.165) is 43.8 Å². The number of ether oxygens (including phenoxy) is 2. The van der Waals surface area contributed by atoms with E-state index < -0.39 is 72.0 Å². The lowest BCUT2D eigenvalue weighted by Crippen LogP contribution is -2.53. The predicted molar refractivity (Wildman–Crippen MR) is 291 cm³/mol. The Morgan fingerprint density at radius 1 is 0.500 bits per heavy atom. The SMILES string of the molecule is CNC(C)C(=O)NC(CC#CC#CCC(NC(=O)C(C)NC)C(=O)NC1c2ccccc2CC1NC(=O)c1cc2ccccc2cc1OC)C(=O)NC1c2ccccc2CC1NC(=O)c1cc2ccccc2cc1OC. The summed E-state index contributed by atoms with van der Waals surface area (Å²) in [6, 6.07) is 31.8. The van der Waals surface area contributed by atoms with Crippen molar-refractivity contribution in [2.45, 2.75) is 87.9 Å². The second kappa shape index (κ2) is 24.6. The van der Waals surface area contributed by atoms with Crippen molar-refractivity contribution in [1.29, 1.82) is 0 Å². The number of carbonyl (C=O) groups excluding carboxylic acids is 6. The molecule has 0 heterocycles. The predicted octanol–water partition coefficient (Wildman–Crippen LogP) is 4.71. The zero-order valence-corrected chi connectivity index (χ0v) is 43.3. The fourth-order valence-electron chi connectivity index (χ4n) is 9.62. The van der Waals surface area contributed by atoms with E-state index in [9.17, 15) is 28.8 Å². The van der Waals surface area contributed by atoms with Crippen molar-refractivity contribution < 1.29 is 38.2 Å². The zero-order chi connectivity index (χ0) is 53.9. The van der Waals surface area contributed by atoms with Gasteiger partial charge >= 0.3 is 0 Å². The minimum Gasteiger partial charge on any atom is -0.496 e. The summed E-state index contributed by atoms with van der Waals surface area (Å²) in [5, 5.41) is 27.5. The molecule has 76 heavy (non-hydrogen) atoms. The Morgan fingerprint density at radius 2 is 0.855 bits per heavy atom. The highest BCUT2D eigenvalue weighted by molar-refractivity contribution is 6.03. The Bertz CT molecular complexity index is 3100. The van der Waals surface area contributed by atoms with Gasteiger partial charge in [0.1, 0.15) is 23.6 Å². The number of nitrogens with one attached hydrogen (secondary N) is 8. The number of amides is 6. The van der Waals surface area contributed by atoms with Gasteiger partial charge in [0.15, 0.2) is 0 Å². The number of rotatable bonds is 18. The normalized spacial score (nSPS) is 17.6. The number of methoxy groups -OCH3 is 2. The minimum absolute atomic E-state index is 0.137. The lowest BCUT2D eigenvalue weighted by atomic mass is 10.0. The lowest BCUT2D eigenvalue weighted by Gasteiger charge is -2.26. The van der Waals surface area contributed by atoms with Crippen LogP contribution in [-0.4, -0.2) is 100 Å². The molecule has 16 nitrogen and oxygen atoms in total. The minimum atomic E-state index is -1.13. The maximum Gasteiger partial charge on any atom is 0.255 e. The van der Waals surface area contributed by atoms with Crippen LogP contribution in [0.2, 0.25) is 0 Å². The third-order valence-corrected chi connectivity index (χ3v) is 14.1. The Hall–Kier alpha value is -8.70. The van der Waals surface area contributed by atoms with Gasteiger partial charge in [0.05, 0.1) is 61.6 Å². The van der Waals surface area contributed by atoms with E-state index in [2.05, 4.69) is 66.2 Å². The molecule has 0 saturated heterocycles. The maximum absolute atomic E-state index is 14.3. The van der Waals surface area contributed by atoms with E-state index in [-0.39, 0.29) is 24.7 Å². The molecule has 6 aromatic rings. The van der Waals surface area contributed by atoms with Crippen molar-refractivity contribution >= 4 is 57.0 Å². The number of benzene rings is 6. The van der Waals surface area contributed by atoms with Crippen LogP contribution in [0.15, 0.2) is 121 Å². The molecule has 0 spiro atoms. The van der Waals surface area contributed by atoms with Gasteiger partial charge in [-0.25, -0.2) is 0 Å². The summed E-state index contributed by atoms with van der Waals surface area (Å²) in [5.74, 6) is 9.50. The summed E-state index contributed by atoms with van der Waals surface area (Å²) >= 11 is 0. The van der Waals surface area contributed by atoms with Gasteiger partial charge in [-0.1, -0.05) is 109 Å². The summed E-state index contributed by atoms with van der Waals surface area (Å²) in [6.45, 7) is 3.32. The smallest absolute Gasteiger partial charge is 0.255 e. The molecule has 8 atom stereocenters. The third kappa shape index (κ3) is 12.3. The molecule has 0 aliphatic heterocycles. The summed E-state index contributed by atoms with van der Waals surface area (Å²) in [5.41, 5.74) is 4.24. The molecule has 2 aliphatic rings. The first-order valence-corrected chi connectivity index (χ1v) is 25.2. The highest BCUT2D eigenvalue weighted by Crippen LogP contribution is 2.35. The number of carbonyl (C=O) groups is 6. The molecule has 0 saturated carbocycles. The van der Waals surface area contributed by atoms with Gasteiger partial charge < -0.3 is 52.0 Å². The molecule has 0 bridgehead atoms. The van der Waals surface area contributed by atoms with E-state index in [1.165, 1.54) is 14.2 Å². The average Bonchev–Trinajstić information content (AvgIpc) is 3.97. The van der Waals surface area contributed by atoms with Crippen molar-refractivity contribution in [2.75, 3.05) is 28.3 Å². The molecular formula is C60H62N8O8. The molecule has 6 amide bonds. The molecule has 0 fully saturated rings. The monoisotopic (exact) mass is 1020 g/mol. The average molecular weight is 1020 g/mol. The fraction of sp³-hybridized carbons (Fsp3) is 0.300. The zero-order valence-electron chi connectivity index (χ0n) is 43.3. The molecule has 0 aromatic heterocycles. The maximum atomic E-state index is 14.3. The highest BCUT2D eigenvalue weighted by atomic mass is 16.5. The molecule has 2 aliphatic carbocycles. The fourth-order valence-corrected chi connectivity index (χ4v) is 9.62. The van der Waals surface area contributed by atoms with Crippen molar-refractivity contribution in [1.82, 2.24) is 42.5 Å². The Labute approximate surface area is 442 Å². The largest absolute Gasteiger partial charge is 0.496 e. The molecule has 16 heteroatoms. The molecule has 8 unspecified atom stereocenters. The second-order valence-electron chi connectivity index (χ2n) is 18.9. The van der Waals surface area contributed by atoms with Crippen LogP contribution in [0.5, 0.6) is 11.5 Å². The second-order valence-corrected chi connectivity index (χ2v) is 18.9. The molecule has 6 aromatic carbocycles. The Balaban J connectivity index is 0.980. The lowest BCUT2D eigenvalue weighted by molar-refractivity contribution is -0.130. The van der Waals surface area contributed by atoms with Gasteiger partial charge in [-0.05, 0) is 121 Å². The van der Waals surface area contributed by atoms with Crippen molar-refractivity contribution in [3.8, 4) is 35.2 Å². The third-order valence-electron chi connectivity index (χ3n) is 14.1. The topological polar surface area (TPSA) is 217 Å². The quantitative estimate of drug-likeness (QED) is 0.0556. The van der Waals surface area contributed by atoms with Crippen LogP contribution >= 0.6 is 0 Å². The van der Waals surface area contributed by atoms with Crippen LogP contribution in [0, 0.1) is 23.7 Å². The number of likely N-dealkylation sites (N-methyl/N-ethyl adjacent to an activating group) is 2. The van der Waals surface area contributed by atoms with Gasteiger partial charge in [0, 0.05) is 12.8 Å². The van der Waals surface area contributed by atoms with Gasteiger partial charge in [-0.3, -0.25) is 28.8 Å². The van der Waals surface area contributed by atoms with E-state index in [4.69, 9.17) is 9.47 Å². The molecule has 390 valence electrons. The van der Waals surface area contributed by atoms with Crippen molar-refractivity contribution in [3.63, 3.8) is 0 Å². The number of hydrogen-bond donors (Lipinski definition) is 8. The van der Waals surface area contributed by atoms with Crippen LogP contribution < -0.4 is 52.0 Å². The van der Waals surface area contributed by atoms with Crippen molar-refractivity contribution in [3.05, 3.63) is 155 Å². The van der Waals surface area contributed by atoms with Crippen LogP contribution in [0.25, 0.3) is 21.5 Å². The summed E-state index contributed by atoms with van der Waals surface area (Å²) in [4.78, 5) is 83.2. The standard InChI is InChI=1S/C60H62N8O8/c1-35(61-3)55(69)63-47(59(73)67-53-43-25-17-15-23-41(43)31-49(53)65-57(71)45-29-37-19-11-13-21-39(37)33-51(45)75-5)27-9-7-8-10-28-48(64-56(70)36(2)62-4)60(74)68-54-44-26-18-16-24-42(44)32-50(54)66-58(72)46-30-38-20-12-14-22-40(38)34-52(46)76-6/h11-26,29-30,33-36,47-50,53-54,61-62H,27-28,31-32H2,1-6H3,(H,63,69)(H,64,70)(H,65,71)(H,66,72)(H,67,73)(H,68,74). The summed E-state index contributed by atoms with van der Waals surface area (Å²) < 4.78 is 11.3. The van der Waals surface area contributed by atoms with Gasteiger partial charge in [-0.15, -0.1) is 0 Å². The van der Waals surface area contributed by atoms with Crippen LogP contribution in [0.4, 0.5) is 0 Å².